The maximum atomic E-state index is 5.64. The fraction of sp³-hybridized carbons (Fsp3) is 0.833. The second kappa shape index (κ2) is 4.33. The van der Waals surface area contributed by atoms with Crippen molar-refractivity contribution in [1.82, 2.24) is 4.90 Å². The molecule has 2 nitrogen and oxygen atoms in total. The van der Waals surface area contributed by atoms with E-state index in [-0.39, 0.29) is 0 Å². The topological polar surface area (TPSA) is 12.5 Å². The number of fused-ring (bicyclic) bond motifs is 2. The van der Waals surface area contributed by atoms with Crippen LogP contribution in [-0.4, -0.2) is 37.2 Å². The fourth-order valence-electron chi connectivity index (χ4n) is 2.25. The molecule has 2 heterocycles. The lowest BCUT2D eigenvalue weighted by Gasteiger charge is -2.28. The van der Waals surface area contributed by atoms with Crippen LogP contribution >= 0.6 is 0 Å². The number of hydrogen-bond donors (Lipinski definition) is 0. The highest BCUT2D eigenvalue weighted by atomic mass is 16.5. The zero-order chi connectivity index (χ0) is 9.97. The lowest BCUT2D eigenvalue weighted by molar-refractivity contribution is 0.0889. The predicted molar refractivity (Wildman–Crippen MR) is 56.9 cm³/mol. The van der Waals surface area contributed by atoms with Crippen LogP contribution in [0.3, 0.4) is 0 Å². The van der Waals surface area contributed by atoms with Crippen molar-refractivity contribution in [3.05, 3.63) is 0 Å². The highest BCUT2D eigenvalue weighted by molar-refractivity contribution is 5.04. The lowest BCUT2D eigenvalue weighted by atomic mass is 10.0. The molecule has 2 heteroatoms. The van der Waals surface area contributed by atoms with Gasteiger partial charge in [-0.1, -0.05) is 25.7 Å². The second-order valence-corrected chi connectivity index (χ2v) is 4.73. The van der Waals surface area contributed by atoms with Gasteiger partial charge < -0.3 is 4.74 Å². The Kier molecular flexibility index (Phi) is 3.10. The molecule has 14 heavy (non-hydrogen) atoms. The standard InChI is InChI=1S/C12H19NO/c1-10(2)4-3-5-13-7-11-6-12(8-13)14-9-11/h10-12H,5-9H2,1-2H3. The van der Waals surface area contributed by atoms with Gasteiger partial charge in [0.25, 0.3) is 0 Å². The summed E-state index contributed by atoms with van der Waals surface area (Å²) in [5, 5.41) is 0. The summed E-state index contributed by atoms with van der Waals surface area (Å²) in [6.07, 6.45) is 1.77. The average molecular weight is 193 g/mol. The minimum Gasteiger partial charge on any atom is -0.377 e. The highest BCUT2D eigenvalue weighted by Gasteiger charge is 2.33. The Morgan fingerprint density at radius 2 is 2.29 bits per heavy atom. The number of ether oxygens (including phenoxy) is 1. The molecule has 0 aromatic rings. The van der Waals surface area contributed by atoms with Gasteiger partial charge in [-0.3, -0.25) is 4.90 Å². The number of likely N-dealkylation sites (tertiary alicyclic amines) is 1. The van der Waals surface area contributed by atoms with Gasteiger partial charge in [0.1, 0.15) is 0 Å². The van der Waals surface area contributed by atoms with Crippen LogP contribution in [0.15, 0.2) is 0 Å². The molecule has 0 N–H and O–H groups in total. The molecule has 78 valence electrons. The van der Waals surface area contributed by atoms with Gasteiger partial charge in [-0.15, -0.1) is 0 Å². The first-order chi connectivity index (χ1) is 6.74. The molecule has 0 radical (unpaired) electrons. The molecule has 2 atom stereocenters. The van der Waals surface area contributed by atoms with Crippen molar-refractivity contribution in [3.63, 3.8) is 0 Å². The van der Waals surface area contributed by atoms with Gasteiger partial charge in [0.05, 0.1) is 19.3 Å². The molecule has 2 bridgehead atoms. The number of hydrogen-bond acceptors (Lipinski definition) is 2. The zero-order valence-corrected chi connectivity index (χ0v) is 9.12. The monoisotopic (exact) mass is 193 g/mol. The smallest absolute Gasteiger partial charge is 0.0706 e. The summed E-state index contributed by atoms with van der Waals surface area (Å²) >= 11 is 0. The molecule has 0 aliphatic carbocycles. The Hall–Kier alpha value is -0.520. The van der Waals surface area contributed by atoms with Crippen LogP contribution in [0.2, 0.25) is 0 Å². The lowest BCUT2D eigenvalue weighted by Crippen LogP contribution is -2.39. The molecule has 0 aromatic carbocycles. The van der Waals surface area contributed by atoms with Crippen molar-refractivity contribution in [1.29, 1.82) is 0 Å². The first-order valence-electron chi connectivity index (χ1n) is 5.56. The van der Waals surface area contributed by atoms with E-state index in [2.05, 4.69) is 30.6 Å². The van der Waals surface area contributed by atoms with Crippen LogP contribution in [0.4, 0.5) is 0 Å². The quantitative estimate of drug-likeness (QED) is 0.583. The Morgan fingerprint density at radius 3 is 3.00 bits per heavy atom. The number of rotatable bonds is 1. The molecular formula is C12H19NO. The van der Waals surface area contributed by atoms with Gasteiger partial charge in [0, 0.05) is 19.0 Å². The van der Waals surface area contributed by atoms with Crippen LogP contribution in [0.25, 0.3) is 0 Å². The maximum absolute atomic E-state index is 5.64. The third-order valence-electron chi connectivity index (χ3n) is 2.84. The summed E-state index contributed by atoms with van der Waals surface area (Å²) in [7, 11) is 0. The first-order valence-corrected chi connectivity index (χ1v) is 5.56. The van der Waals surface area contributed by atoms with Gasteiger partial charge in [-0.2, -0.15) is 0 Å². The van der Waals surface area contributed by atoms with E-state index in [9.17, 15) is 0 Å². The van der Waals surface area contributed by atoms with Gasteiger partial charge in [-0.25, -0.2) is 0 Å². The first kappa shape index (κ1) is 10.0. The zero-order valence-electron chi connectivity index (χ0n) is 9.12. The Balaban J connectivity index is 1.80. The Bertz CT molecular complexity index is 239. The minimum atomic E-state index is 0.493. The number of piperidine rings is 1. The van der Waals surface area contributed by atoms with E-state index in [4.69, 9.17) is 4.74 Å². The van der Waals surface area contributed by atoms with Gasteiger partial charge in [-0.05, 0) is 12.3 Å². The molecule has 2 saturated heterocycles. The predicted octanol–water partition coefficient (Wildman–Crippen LogP) is 1.37. The van der Waals surface area contributed by atoms with Crippen molar-refractivity contribution < 1.29 is 4.74 Å². The molecule has 2 unspecified atom stereocenters. The van der Waals surface area contributed by atoms with Crippen LogP contribution < -0.4 is 0 Å². The van der Waals surface area contributed by atoms with Gasteiger partial charge in [0.15, 0.2) is 0 Å². The summed E-state index contributed by atoms with van der Waals surface area (Å²) in [4.78, 5) is 2.43. The average Bonchev–Trinajstić information content (AvgIpc) is 2.45. The summed E-state index contributed by atoms with van der Waals surface area (Å²) < 4.78 is 5.64. The summed E-state index contributed by atoms with van der Waals surface area (Å²) in [6.45, 7) is 8.44. The summed E-state index contributed by atoms with van der Waals surface area (Å²) in [5.41, 5.74) is 0. The van der Waals surface area contributed by atoms with E-state index >= 15 is 0 Å². The van der Waals surface area contributed by atoms with Crippen molar-refractivity contribution in [2.45, 2.75) is 26.4 Å². The van der Waals surface area contributed by atoms with Gasteiger partial charge >= 0.3 is 0 Å². The van der Waals surface area contributed by atoms with E-state index in [0.717, 1.165) is 25.6 Å². The largest absolute Gasteiger partial charge is 0.377 e. The Labute approximate surface area is 86.6 Å². The van der Waals surface area contributed by atoms with E-state index in [0.29, 0.717) is 12.0 Å². The van der Waals surface area contributed by atoms with E-state index < -0.39 is 0 Å². The molecular weight excluding hydrogens is 174 g/mol. The molecule has 2 aliphatic rings. The molecule has 2 aliphatic heterocycles. The van der Waals surface area contributed by atoms with Crippen LogP contribution in [-0.2, 0) is 4.74 Å². The van der Waals surface area contributed by atoms with Crippen LogP contribution in [0.5, 0.6) is 0 Å². The van der Waals surface area contributed by atoms with E-state index in [1.54, 1.807) is 0 Å². The fourth-order valence-corrected chi connectivity index (χ4v) is 2.25. The highest BCUT2D eigenvalue weighted by Crippen LogP contribution is 2.26. The third-order valence-corrected chi connectivity index (χ3v) is 2.84. The second-order valence-electron chi connectivity index (χ2n) is 4.73. The molecule has 2 fully saturated rings. The van der Waals surface area contributed by atoms with E-state index in [1.165, 1.54) is 13.0 Å². The normalized spacial score (nSPS) is 31.6. The molecule has 2 rings (SSSR count). The van der Waals surface area contributed by atoms with Gasteiger partial charge in [0.2, 0.25) is 0 Å². The summed E-state index contributed by atoms with van der Waals surface area (Å²) in [6, 6.07) is 0. The Morgan fingerprint density at radius 1 is 1.43 bits per heavy atom. The van der Waals surface area contributed by atoms with Crippen LogP contribution in [0, 0.1) is 23.7 Å². The number of nitrogens with zero attached hydrogens (tertiary/aromatic N) is 1. The molecule has 0 aromatic heterocycles. The SMILES string of the molecule is CC(C)C#CCN1CC2COC(C2)C1. The third kappa shape index (κ3) is 2.50. The summed E-state index contributed by atoms with van der Waals surface area (Å²) in [5.74, 6) is 7.72. The molecule has 0 amide bonds. The van der Waals surface area contributed by atoms with Crippen molar-refractivity contribution in [2.75, 3.05) is 26.2 Å². The molecule has 0 saturated carbocycles. The van der Waals surface area contributed by atoms with Crippen molar-refractivity contribution in [3.8, 4) is 11.8 Å². The van der Waals surface area contributed by atoms with Crippen LogP contribution in [0.1, 0.15) is 20.3 Å². The minimum absolute atomic E-state index is 0.493. The maximum Gasteiger partial charge on any atom is 0.0706 e. The molecule has 0 spiro atoms. The van der Waals surface area contributed by atoms with Crippen molar-refractivity contribution in [2.24, 2.45) is 11.8 Å². The van der Waals surface area contributed by atoms with Crippen molar-refractivity contribution >= 4 is 0 Å². The van der Waals surface area contributed by atoms with E-state index in [1.807, 2.05) is 0 Å².